The maximum absolute atomic E-state index is 14.8. The van der Waals surface area contributed by atoms with E-state index in [4.69, 9.17) is 0 Å². The molecule has 0 unspecified atom stereocenters. The molecule has 1 aromatic carbocycles. The Morgan fingerprint density at radius 1 is 1.08 bits per heavy atom. The summed E-state index contributed by atoms with van der Waals surface area (Å²) in [7, 11) is -3.71. The number of halogens is 1. The van der Waals surface area contributed by atoms with Gasteiger partial charge in [-0.25, -0.2) is 12.8 Å². The average Bonchev–Trinajstić information content (AvgIpc) is 2.55. The fourth-order valence-corrected chi connectivity index (χ4v) is 3.56. The Bertz CT molecular complexity index is 1170. The molecule has 0 aliphatic carbocycles. The van der Waals surface area contributed by atoms with Crippen LogP contribution >= 0.6 is 0 Å². The molecule has 5 nitrogen and oxygen atoms in total. The molecule has 0 spiro atoms. The summed E-state index contributed by atoms with van der Waals surface area (Å²) in [5, 5.41) is 0. The monoisotopic (exact) mass is 372 g/mol. The normalized spacial score (nSPS) is 11.5. The van der Waals surface area contributed by atoms with E-state index in [2.05, 4.69) is 4.98 Å². The highest BCUT2D eigenvalue weighted by Crippen LogP contribution is 2.28. The summed E-state index contributed by atoms with van der Waals surface area (Å²) >= 11 is 0. The van der Waals surface area contributed by atoms with Gasteiger partial charge in [0.05, 0.1) is 11.4 Å². The lowest BCUT2D eigenvalue weighted by Gasteiger charge is -2.14. The van der Waals surface area contributed by atoms with E-state index < -0.39 is 15.7 Å². The van der Waals surface area contributed by atoms with E-state index in [1.54, 1.807) is 32.0 Å². The molecule has 0 amide bonds. The Hall–Kier alpha value is -2.80. The first-order valence-electron chi connectivity index (χ1n) is 7.85. The van der Waals surface area contributed by atoms with Crippen molar-refractivity contribution in [1.82, 2.24) is 9.55 Å². The van der Waals surface area contributed by atoms with Crippen LogP contribution in [0.25, 0.3) is 16.9 Å². The smallest absolute Gasteiger partial charge is 0.255 e. The summed E-state index contributed by atoms with van der Waals surface area (Å²) in [4.78, 5) is 16.1. The maximum Gasteiger partial charge on any atom is 0.255 e. The SMILES string of the molecule is Cc1cnc(-c2cccc(S(C)(=O)=O)c2F)cc1-n1c(C)cccc1=O. The maximum atomic E-state index is 14.8. The van der Waals surface area contributed by atoms with Crippen LogP contribution in [0.1, 0.15) is 11.3 Å². The molecular weight excluding hydrogens is 355 g/mol. The van der Waals surface area contributed by atoms with Crippen LogP contribution in [-0.4, -0.2) is 24.2 Å². The molecule has 3 aromatic rings. The Balaban J connectivity index is 2.27. The highest BCUT2D eigenvalue weighted by Gasteiger charge is 2.19. The molecule has 0 saturated heterocycles. The fraction of sp³-hybridized carbons (Fsp3) is 0.158. The Labute approximate surface area is 150 Å². The topological polar surface area (TPSA) is 69.0 Å². The zero-order valence-electron chi connectivity index (χ0n) is 14.5. The van der Waals surface area contributed by atoms with Crippen LogP contribution in [0.3, 0.4) is 0 Å². The molecule has 0 atom stereocenters. The van der Waals surface area contributed by atoms with Crippen molar-refractivity contribution in [2.75, 3.05) is 6.26 Å². The zero-order chi connectivity index (χ0) is 19.1. The number of rotatable bonds is 3. The second-order valence-electron chi connectivity index (χ2n) is 6.09. The van der Waals surface area contributed by atoms with Crippen molar-refractivity contribution >= 4 is 9.84 Å². The third-order valence-electron chi connectivity index (χ3n) is 4.10. The van der Waals surface area contributed by atoms with Crippen molar-refractivity contribution < 1.29 is 12.8 Å². The minimum absolute atomic E-state index is 0.0656. The number of sulfone groups is 1. The van der Waals surface area contributed by atoms with Crippen LogP contribution in [0.4, 0.5) is 4.39 Å². The van der Waals surface area contributed by atoms with Gasteiger partial charge in [0.1, 0.15) is 4.90 Å². The van der Waals surface area contributed by atoms with E-state index >= 15 is 0 Å². The molecule has 0 fully saturated rings. The van der Waals surface area contributed by atoms with Crippen LogP contribution in [-0.2, 0) is 9.84 Å². The van der Waals surface area contributed by atoms with Crippen molar-refractivity contribution in [2.24, 2.45) is 0 Å². The second kappa shape index (κ2) is 6.49. The third-order valence-corrected chi connectivity index (χ3v) is 5.22. The molecule has 2 heterocycles. The number of hydrogen-bond donors (Lipinski definition) is 0. The molecule has 26 heavy (non-hydrogen) atoms. The van der Waals surface area contributed by atoms with Gasteiger partial charge in [-0.3, -0.25) is 14.3 Å². The molecule has 7 heteroatoms. The molecule has 0 aliphatic rings. The first-order valence-corrected chi connectivity index (χ1v) is 9.74. The van der Waals surface area contributed by atoms with E-state index in [-0.39, 0.29) is 21.7 Å². The molecule has 0 N–H and O–H groups in total. The summed E-state index contributed by atoms with van der Waals surface area (Å²) in [5.74, 6) is -0.852. The Kier molecular flexibility index (Phi) is 4.50. The summed E-state index contributed by atoms with van der Waals surface area (Å²) in [6.07, 6.45) is 2.49. The molecule has 0 aliphatic heterocycles. The molecule has 0 radical (unpaired) electrons. The van der Waals surface area contributed by atoms with Crippen LogP contribution in [0, 0.1) is 19.7 Å². The number of aromatic nitrogens is 2. The number of nitrogens with zero attached hydrogens (tertiary/aromatic N) is 2. The van der Waals surface area contributed by atoms with Crippen LogP contribution in [0.2, 0.25) is 0 Å². The van der Waals surface area contributed by atoms with Gasteiger partial charge in [0.25, 0.3) is 5.56 Å². The minimum atomic E-state index is -3.71. The molecule has 0 saturated carbocycles. The van der Waals surface area contributed by atoms with Gasteiger partial charge in [-0.05, 0) is 43.7 Å². The number of hydrogen-bond acceptors (Lipinski definition) is 4. The summed E-state index contributed by atoms with van der Waals surface area (Å²) < 4.78 is 39.8. The van der Waals surface area contributed by atoms with Crippen molar-refractivity contribution in [1.29, 1.82) is 0 Å². The highest BCUT2D eigenvalue weighted by molar-refractivity contribution is 7.90. The van der Waals surface area contributed by atoms with Gasteiger partial charge in [-0.1, -0.05) is 12.1 Å². The standard InChI is InChI=1S/C19H17FN2O3S/c1-12-11-21-15(10-16(12)22-13(2)6-4-9-18(22)23)14-7-5-8-17(19(14)20)26(3,24)25/h4-11H,1-3H3. The highest BCUT2D eigenvalue weighted by atomic mass is 32.2. The van der Waals surface area contributed by atoms with Crippen LogP contribution < -0.4 is 5.56 Å². The van der Waals surface area contributed by atoms with E-state index in [0.717, 1.165) is 17.5 Å². The van der Waals surface area contributed by atoms with E-state index in [1.807, 2.05) is 0 Å². The van der Waals surface area contributed by atoms with Crippen LogP contribution in [0.15, 0.2) is 58.4 Å². The largest absolute Gasteiger partial charge is 0.281 e. The van der Waals surface area contributed by atoms with Gasteiger partial charge in [-0.2, -0.15) is 0 Å². The average molecular weight is 372 g/mol. The first kappa shape index (κ1) is 18.0. The van der Waals surface area contributed by atoms with Crippen molar-refractivity contribution in [3.8, 4) is 16.9 Å². The molecule has 2 aromatic heterocycles. The quantitative estimate of drug-likeness (QED) is 0.709. The van der Waals surface area contributed by atoms with Crippen molar-refractivity contribution in [3.05, 3.63) is 76.1 Å². The molecular formula is C19H17FN2O3S. The predicted molar refractivity (Wildman–Crippen MR) is 97.8 cm³/mol. The first-order chi connectivity index (χ1) is 12.2. The lowest BCUT2D eigenvalue weighted by atomic mass is 10.1. The van der Waals surface area contributed by atoms with Gasteiger partial charge in [-0.15, -0.1) is 0 Å². The lowest BCUT2D eigenvalue weighted by Crippen LogP contribution is -2.20. The number of benzene rings is 1. The van der Waals surface area contributed by atoms with Crippen molar-refractivity contribution in [2.45, 2.75) is 18.7 Å². The van der Waals surface area contributed by atoms with E-state index in [1.165, 1.54) is 35.0 Å². The summed E-state index contributed by atoms with van der Waals surface area (Å²) in [5.41, 5.74) is 2.14. The van der Waals surface area contributed by atoms with Gasteiger partial charge < -0.3 is 0 Å². The number of aryl methyl sites for hydroxylation is 2. The fourth-order valence-electron chi connectivity index (χ4n) is 2.80. The Morgan fingerprint density at radius 3 is 2.42 bits per heavy atom. The Morgan fingerprint density at radius 2 is 1.77 bits per heavy atom. The van der Waals surface area contributed by atoms with Gasteiger partial charge in [0.2, 0.25) is 0 Å². The summed E-state index contributed by atoms with van der Waals surface area (Å²) in [6, 6.07) is 10.6. The van der Waals surface area contributed by atoms with Gasteiger partial charge in [0, 0.05) is 29.8 Å². The molecule has 0 bridgehead atoms. The van der Waals surface area contributed by atoms with Crippen molar-refractivity contribution in [3.63, 3.8) is 0 Å². The van der Waals surface area contributed by atoms with Gasteiger partial charge >= 0.3 is 0 Å². The second-order valence-corrected chi connectivity index (χ2v) is 8.07. The summed E-state index contributed by atoms with van der Waals surface area (Å²) in [6.45, 7) is 3.60. The molecule has 3 rings (SSSR count). The predicted octanol–water partition coefficient (Wildman–Crippen LogP) is 3.06. The lowest BCUT2D eigenvalue weighted by molar-refractivity contribution is 0.572. The third kappa shape index (κ3) is 3.17. The minimum Gasteiger partial charge on any atom is -0.281 e. The van der Waals surface area contributed by atoms with Crippen LogP contribution in [0.5, 0.6) is 0 Å². The zero-order valence-corrected chi connectivity index (χ0v) is 15.3. The van der Waals surface area contributed by atoms with Gasteiger partial charge in [0.15, 0.2) is 15.7 Å². The van der Waals surface area contributed by atoms with E-state index in [0.29, 0.717) is 5.69 Å². The van der Waals surface area contributed by atoms with E-state index in [9.17, 15) is 17.6 Å². The molecule has 134 valence electrons. The number of pyridine rings is 2.